The zero-order valence-corrected chi connectivity index (χ0v) is 71.3. The molecular weight excluding hydrogens is 1730 g/mol. The summed E-state index contributed by atoms with van der Waals surface area (Å²) in [6, 6.07) is 34.3. The van der Waals surface area contributed by atoms with Crippen LogP contribution in [0.3, 0.4) is 0 Å². The molecule has 1 unspecified atom stereocenters. The van der Waals surface area contributed by atoms with E-state index >= 15 is 0 Å². The van der Waals surface area contributed by atoms with Gasteiger partial charge in [-0.1, -0.05) is 77.4 Å². The minimum atomic E-state index is -4.38. The maximum atomic E-state index is 13.2. The van der Waals surface area contributed by atoms with Gasteiger partial charge in [0, 0.05) is 132 Å². The van der Waals surface area contributed by atoms with Crippen LogP contribution in [-0.4, -0.2) is 260 Å². The first kappa shape index (κ1) is 105. The van der Waals surface area contributed by atoms with Crippen molar-refractivity contribution in [2.75, 3.05) is 103 Å². The molecule has 0 spiro atoms. The first-order valence-corrected chi connectivity index (χ1v) is 42.9. The number of carbonyl (C=O) groups excluding carboxylic acids is 10. The van der Waals surface area contributed by atoms with Crippen LogP contribution < -0.4 is 10.6 Å². The van der Waals surface area contributed by atoms with Crippen molar-refractivity contribution >= 4 is 111 Å². The monoisotopic (exact) mass is 1820 g/mol. The third-order valence-corrected chi connectivity index (χ3v) is 21.8. The highest BCUT2D eigenvalue weighted by atomic mass is 32.7. The van der Waals surface area contributed by atoms with E-state index in [0.717, 1.165) is 39.0 Å². The number of carbonyl (C=O) groups is 10. The van der Waals surface area contributed by atoms with Crippen molar-refractivity contribution in [3.05, 3.63) is 256 Å². The van der Waals surface area contributed by atoms with Gasteiger partial charge in [-0.15, -0.1) is 0 Å². The molecular formula is C85H93N4O33PS3. The highest BCUT2D eigenvalue weighted by molar-refractivity contribution is 8.27. The van der Waals surface area contributed by atoms with Gasteiger partial charge in [0.15, 0.2) is 57.7 Å². The molecule has 0 amide bonds. The van der Waals surface area contributed by atoms with E-state index in [2.05, 4.69) is 22.9 Å². The number of benzene rings is 8. The molecule has 2 heterocycles. The van der Waals surface area contributed by atoms with Gasteiger partial charge in [0.1, 0.15) is 26.1 Å². The van der Waals surface area contributed by atoms with Crippen LogP contribution in [0.1, 0.15) is 158 Å². The number of allylic oxidation sites excluding steroid dienone is 4. The number of aliphatic hydroxyl groups excluding tert-OH is 10. The maximum Gasteiger partial charge on any atom is 0.338 e. The van der Waals surface area contributed by atoms with Crippen molar-refractivity contribution < 1.29 is 160 Å². The van der Waals surface area contributed by atoms with E-state index in [9.17, 15) is 85.3 Å². The molecule has 37 nitrogen and oxygen atoms in total. The second-order valence-electron chi connectivity index (χ2n) is 26.8. The van der Waals surface area contributed by atoms with Crippen LogP contribution in [0.25, 0.3) is 0 Å². The molecule has 0 bridgehead atoms. The molecule has 8 aromatic carbocycles. The summed E-state index contributed by atoms with van der Waals surface area (Å²) in [4.78, 5) is 116. The first-order chi connectivity index (χ1) is 60.0. The van der Waals surface area contributed by atoms with Crippen molar-refractivity contribution in [1.82, 2.24) is 9.37 Å². The Hall–Kier alpha value is -11.7. The molecule has 0 radical (unpaired) electrons. The van der Waals surface area contributed by atoms with E-state index in [-0.39, 0.29) is 173 Å². The lowest BCUT2D eigenvalue weighted by Gasteiger charge is -2.19. The SMILES string of the molecule is C=O.C=O.Cc1cc2c(c(O)c1O)C(=O)c1ccccc1C2=O.Cc1cc2c(c(O)c1O)C(=O)c1ccccc1C2=O.Cc1ccc2c(c1)N/C(=C1/Cc3cc(O)ccc3C1=O)C2=O.O=C1/C(=C2\Nc3cc(S(=O)(=O)ON(CCO)CCO)ccc3C2=O)Cc2cc(COS(=O)(=O)N(CCO)CCO)ccc21.O=[P+]([S-])CO.OCCCCO.OCCCO.OCO. The standard InChI is InChI=1S/C26H31N3O12S2.C18H13NO3.2C15H10O4.C4H10O2.C3H8O2.CH3O2PS.CH4O2.2CH2O/c30-9-5-28(6-10-31)41-42(36,37)19-2-4-21-23(15-19)27-24(26(21)35)22-14-18-13-17(1-3-20(18)25(22)34)16-40-43(38,39)29(7-11-32)8-12-33;1-9-2-4-13-15(6-9)19-16(18(13)22)14-8-10-7-11(20)3-5-12(10)17(14)21;2*1-7-6-10-11(15(19)12(7)16)14(18)9-5-3-2-4-8(9)13(10)17;5-3-1-2-4-6;4-2-1-3-5;2-1-4(3)5;2-1-3;2*1-2/h1-4,13,15,27,30-33H,5-12,14,16H2;2-7,19-20H,8H2,1H3;2*2-6,16,19H,1H3;5-6H,1-4H2;4-5H,1-3H2;2H,1H2;2-3H,1H2;2*1H2/b24-22-;16-14-;;;;;;;;. The smallest absolute Gasteiger partial charge is 0.338 e. The van der Waals surface area contributed by atoms with Crippen LogP contribution in [0.4, 0.5) is 11.4 Å². The molecule has 0 aromatic heterocycles. The van der Waals surface area contributed by atoms with E-state index in [1.807, 2.05) is 32.6 Å². The predicted octanol–water partition coefficient (Wildman–Crippen LogP) is 4.20. The molecule has 0 saturated carbocycles. The fraction of sp³-hybridized carbons (Fsp3) is 0.271. The lowest BCUT2D eigenvalue weighted by Crippen LogP contribution is -2.36. The summed E-state index contributed by atoms with van der Waals surface area (Å²) < 4.78 is 70.8. The lowest BCUT2D eigenvalue weighted by atomic mass is 9.82. The summed E-state index contributed by atoms with van der Waals surface area (Å²) >= 11 is 4.04. The van der Waals surface area contributed by atoms with Gasteiger partial charge in [-0.2, -0.15) is 30.5 Å². The molecule has 41 heteroatoms. The number of unbranched alkanes of at least 4 members (excludes halogenated alkanes) is 1. The second kappa shape index (κ2) is 49.8. The zero-order chi connectivity index (χ0) is 94.2. The molecule has 0 saturated heterocycles. The normalized spacial score (nSPS) is 14.4. The number of fused-ring (bicyclic) bond motifs is 8. The van der Waals surface area contributed by atoms with Gasteiger partial charge in [0.25, 0.3) is 0 Å². The van der Waals surface area contributed by atoms with Crippen LogP contribution in [-0.2, 0) is 74.7 Å². The third-order valence-electron chi connectivity index (χ3n) is 18.5. The number of ketones is 8. The molecule has 1 atom stereocenters. The van der Waals surface area contributed by atoms with E-state index in [0.29, 0.717) is 74.2 Å². The summed E-state index contributed by atoms with van der Waals surface area (Å²) in [5.41, 5.74) is 8.13. The van der Waals surface area contributed by atoms with Gasteiger partial charge in [0.05, 0.1) is 71.8 Å². The number of anilines is 2. The number of phenolic OH excluding ortho intramolecular Hbond substituents is 5. The Kier molecular flexibility index (Phi) is 41.5. The summed E-state index contributed by atoms with van der Waals surface area (Å²) in [7, 11) is -10.3. The number of aliphatic hydroxyl groups is 11. The Morgan fingerprint density at radius 2 is 0.802 bits per heavy atom. The topological polar surface area (TPSA) is 629 Å². The molecule has 18 N–H and O–H groups in total. The number of rotatable bonds is 21. The minimum absolute atomic E-state index is 0.0159. The van der Waals surface area contributed by atoms with Crippen LogP contribution in [0.2, 0.25) is 0 Å². The number of nitrogens with zero attached hydrogens (tertiary/aromatic N) is 2. The van der Waals surface area contributed by atoms with Gasteiger partial charge < -0.3 is 114 Å². The van der Waals surface area contributed by atoms with Crippen LogP contribution >= 0.6 is 7.00 Å². The molecule has 6 aliphatic rings. The summed E-state index contributed by atoms with van der Waals surface area (Å²) in [5.74, 6) is -4.39. The van der Waals surface area contributed by atoms with Gasteiger partial charge in [-0.25, -0.2) is 0 Å². The third kappa shape index (κ3) is 25.8. The quantitative estimate of drug-likeness (QED) is 0.00911. The molecule has 2 aliphatic heterocycles. The number of aromatic hydroxyl groups is 5. The van der Waals surface area contributed by atoms with Crippen molar-refractivity contribution in [2.45, 2.75) is 64.4 Å². The van der Waals surface area contributed by atoms with Crippen molar-refractivity contribution in [3.8, 4) is 28.7 Å². The predicted molar refractivity (Wildman–Crippen MR) is 455 cm³/mol. The van der Waals surface area contributed by atoms with Crippen molar-refractivity contribution in [1.29, 1.82) is 0 Å². The first-order valence-electron chi connectivity index (χ1n) is 37.6. The average Bonchev–Trinajstić information content (AvgIpc) is 1.06. The van der Waals surface area contributed by atoms with Gasteiger partial charge >= 0.3 is 20.4 Å². The van der Waals surface area contributed by atoms with E-state index in [4.69, 9.17) is 74.2 Å². The van der Waals surface area contributed by atoms with E-state index in [1.165, 1.54) is 60.7 Å². The lowest BCUT2D eigenvalue weighted by molar-refractivity contribution is -0.0987. The van der Waals surface area contributed by atoms with Crippen LogP contribution in [0.5, 0.6) is 28.7 Å². The maximum absolute atomic E-state index is 13.2. The number of aryl methyl sites for hydroxylation is 3. The van der Waals surface area contributed by atoms with Crippen molar-refractivity contribution in [3.63, 3.8) is 0 Å². The van der Waals surface area contributed by atoms with Gasteiger partial charge in [0.2, 0.25) is 24.9 Å². The van der Waals surface area contributed by atoms with E-state index in [1.54, 1.807) is 74.5 Å². The molecule has 0 fully saturated rings. The number of hydrogen-bond acceptors (Lipinski definition) is 37. The van der Waals surface area contributed by atoms with Gasteiger partial charge in [-0.05, 0) is 134 Å². The zero-order valence-electron chi connectivity index (χ0n) is 67.9. The molecule has 126 heavy (non-hydrogen) atoms. The summed E-state index contributed by atoms with van der Waals surface area (Å²) in [6.07, 6.45) is 1.98. The largest absolute Gasteiger partial charge is 0.508 e. The molecule has 14 rings (SSSR count). The van der Waals surface area contributed by atoms with Crippen LogP contribution in [0, 0.1) is 20.8 Å². The van der Waals surface area contributed by atoms with E-state index < -0.39 is 95.3 Å². The molecule has 8 aromatic rings. The number of phenols is 5. The number of hydroxylamine groups is 2. The van der Waals surface area contributed by atoms with Crippen molar-refractivity contribution in [2.24, 2.45) is 0 Å². The summed E-state index contributed by atoms with van der Waals surface area (Å²) in [5, 5.41) is 146. The molecule has 674 valence electrons. The Morgan fingerprint density at radius 3 is 1.20 bits per heavy atom. The minimum Gasteiger partial charge on any atom is -0.508 e. The average molecular weight is 1830 g/mol. The fourth-order valence-electron chi connectivity index (χ4n) is 12.7. The summed E-state index contributed by atoms with van der Waals surface area (Å²) in [6.45, 7) is 5.93. The number of nitrogens with one attached hydrogen (secondary N) is 2. The Morgan fingerprint density at radius 1 is 0.421 bits per heavy atom. The Labute approximate surface area is 728 Å². The number of hydrogen-bond donors (Lipinski definition) is 18. The van der Waals surface area contributed by atoms with Gasteiger partial charge in [-0.3, -0.25) is 42.5 Å². The molecule has 4 aliphatic carbocycles. The fourth-order valence-corrected chi connectivity index (χ4v) is 14.8. The Balaban J connectivity index is 0.000000288. The number of Topliss-reactive ketones (excluding diaryl/α,β-unsaturated/α-hetero) is 4. The Bertz CT molecular complexity index is 5440. The highest BCUT2D eigenvalue weighted by Gasteiger charge is 2.40. The van der Waals surface area contributed by atoms with Crippen LogP contribution in [0.15, 0.2) is 161 Å². The highest BCUT2D eigenvalue weighted by Crippen LogP contribution is 2.44. The second-order valence-corrected chi connectivity index (χ2v) is 32.1.